The van der Waals surface area contributed by atoms with E-state index in [0.717, 1.165) is 5.56 Å². The molecule has 0 saturated heterocycles. The lowest BCUT2D eigenvalue weighted by Gasteiger charge is -2.28. The van der Waals surface area contributed by atoms with Crippen molar-refractivity contribution < 1.29 is 14.0 Å². The fraction of sp³-hybridized carbons (Fsp3) is 0.263. The minimum Gasteiger partial charge on any atom is -0.350 e. The van der Waals surface area contributed by atoms with E-state index in [2.05, 4.69) is 5.32 Å². The van der Waals surface area contributed by atoms with Crippen molar-refractivity contribution in [1.29, 1.82) is 0 Å². The normalized spacial score (nSPS) is 11.6. The molecule has 24 heavy (non-hydrogen) atoms. The van der Waals surface area contributed by atoms with Crippen molar-refractivity contribution >= 4 is 11.8 Å². The molecule has 0 radical (unpaired) electrons. The van der Waals surface area contributed by atoms with Crippen LogP contribution in [0.3, 0.4) is 0 Å². The van der Waals surface area contributed by atoms with Crippen molar-refractivity contribution in [2.24, 2.45) is 0 Å². The Kier molecular flexibility index (Phi) is 6.07. The van der Waals surface area contributed by atoms with Crippen LogP contribution in [0.1, 0.15) is 35.8 Å². The molecule has 2 rings (SSSR count). The van der Waals surface area contributed by atoms with Gasteiger partial charge >= 0.3 is 0 Å². The fourth-order valence-electron chi connectivity index (χ4n) is 2.56. The predicted octanol–water partition coefficient (Wildman–Crippen LogP) is 3.17. The summed E-state index contributed by atoms with van der Waals surface area (Å²) >= 11 is 0. The van der Waals surface area contributed by atoms with E-state index in [9.17, 15) is 14.0 Å². The molecule has 0 aliphatic carbocycles. The highest BCUT2D eigenvalue weighted by Crippen LogP contribution is 2.19. The third kappa shape index (κ3) is 4.65. The molecule has 1 atom stereocenters. The smallest absolute Gasteiger partial charge is 0.251 e. The standard InChI is InChI=1S/C19H21FN2O2/c1-14(16-7-4-3-5-8-16)22(15(2)23)12-11-21-19(24)17-9-6-10-18(20)13-17/h3-10,13-14H,11-12H2,1-2H3,(H,21,24). The second-order valence-electron chi connectivity index (χ2n) is 5.57. The molecular formula is C19H21FN2O2. The molecule has 2 aromatic rings. The molecule has 4 nitrogen and oxygen atoms in total. The first-order valence-corrected chi connectivity index (χ1v) is 7.85. The van der Waals surface area contributed by atoms with E-state index in [1.54, 1.807) is 11.0 Å². The number of nitrogens with zero attached hydrogens (tertiary/aromatic N) is 1. The van der Waals surface area contributed by atoms with E-state index >= 15 is 0 Å². The Morgan fingerprint density at radius 2 is 1.83 bits per heavy atom. The van der Waals surface area contributed by atoms with Gasteiger partial charge in [-0.15, -0.1) is 0 Å². The van der Waals surface area contributed by atoms with Crippen molar-refractivity contribution in [2.45, 2.75) is 19.9 Å². The van der Waals surface area contributed by atoms with Gasteiger partial charge in [-0.05, 0) is 30.7 Å². The van der Waals surface area contributed by atoms with Gasteiger partial charge in [-0.3, -0.25) is 9.59 Å². The Bertz CT molecular complexity index is 704. The Morgan fingerprint density at radius 3 is 2.46 bits per heavy atom. The quantitative estimate of drug-likeness (QED) is 0.885. The predicted molar refractivity (Wildman–Crippen MR) is 91.0 cm³/mol. The maximum Gasteiger partial charge on any atom is 0.251 e. The number of hydrogen-bond acceptors (Lipinski definition) is 2. The molecule has 0 saturated carbocycles. The van der Waals surface area contributed by atoms with Gasteiger partial charge in [-0.2, -0.15) is 0 Å². The van der Waals surface area contributed by atoms with Crippen LogP contribution >= 0.6 is 0 Å². The van der Waals surface area contributed by atoms with Crippen LogP contribution in [0.4, 0.5) is 4.39 Å². The average Bonchev–Trinajstić information content (AvgIpc) is 2.58. The van der Waals surface area contributed by atoms with Gasteiger partial charge < -0.3 is 10.2 Å². The highest BCUT2D eigenvalue weighted by Gasteiger charge is 2.18. The third-order valence-electron chi connectivity index (χ3n) is 3.88. The van der Waals surface area contributed by atoms with Crippen LogP contribution in [0.2, 0.25) is 0 Å². The Labute approximate surface area is 141 Å². The SMILES string of the molecule is CC(=O)N(CCNC(=O)c1cccc(F)c1)C(C)c1ccccc1. The fourth-order valence-corrected chi connectivity index (χ4v) is 2.56. The first-order valence-electron chi connectivity index (χ1n) is 7.85. The number of halogens is 1. The topological polar surface area (TPSA) is 49.4 Å². The van der Waals surface area contributed by atoms with Gasteiger partial charge in [0.1, 0.15) is 5.82 Å². The van der Waals surface area contributed by atoms with Crippen LogP contribution in [0.25, 0.3) is 0 Å². The summed E-state index contributed by atoms with van der Waals surface area (Å²) in [7, 11) is 0. The molecule has 126 valence electrons. The number of amides is 2. The minimum absolute atomic E-state index is 0.0636. The number of carbonyl (C=O) groups excluding carboxylic acids is 2. The number of nitrogens with one attached hydrogen (secondary N) is 1. The van der Waals surface area contributed by atoms with Gasteiger partial charge in [-0.1, -0.05) is 36.4 Å². The van der Waals surface area contributed by atoms with Crippen LogP contribution in [0.15, 0.2) is 54.6 Å². The lowest BCUT2D eigenvalue weighted by atomic mass is 10.1. The van der Waals surface area contributed by atoms with Gasteiger partial charge in [0.05, 0.1) is 6.04 Å². The number of hydrogen-bond donors (Lipinski definition) is 1. The molecular weight excluding hydrogens is 307 g/mol. The molecule has 1 unspecified atom stereocenters. The van der Waals surface area contributed by atoms with Gasteiger partial charge in [0.25, 0.3) is 5.91 Å². The lowest BCUT2D eigenvalue weighted by molar-refractivity contribution is -0.130. The summed E-state index contributed by atoms with van der Waals surface area (Å²) in [5, 5.41) is 2.72. The Balaban J connectivity index is 1.95. The van der Waals surface area contributed by atoms with Crippen molar-refractivity contribution in [3.8, 4) is 0 Å². The van der Waals surface area contributed by atoms with E-state index in [-0.39, 0.29) is 23.4 Å². The molecule has 5 heteroatoms. The molecule has 2 aromatic carbocycles. The maximum absolute atomic E-state index is 13.1. The van der Waals surface area contributed by atoms with Gasteiger partial charge in [-0.25, -0.2) is 4.39 Å². The average molecular weight is 328 g/mol. The van der Waals surface area contributed by atoms with Crippen molar-refractivity contribution in [2.75, 3.05) is 13.1 Å². The summed E-state index contributed by atoms with van der Waals surface area (Å²) in [6, 6.07) is 15.1. The Morgan fingerprint density at radius 1 is 1.12 bits per heavy atom. The zero-order valence-electron chi connectivity index (χ0n) is 13.8. The van der Waals surface area contributed by atoms with E-state index in [4.69, 9.17) is 0 Å². The number of benzene rings is 2. The van der Waals surface area contributed by atoms with Crippen LogP contribution in [-0.4, -0.2) is 29.8 Å². The van der Waals surface area contributed by atoms with E-state index in [1.165, 1.54) is 25.1 Å². The molecule has 1 N–H and O–H groups in total. The molecule has 2 amide bonds. The van der Waals surface area contributed by atoms with E-state index in [0.29, 0.717) is 13.1 Å². The highest BCUT2D eigenvalue weighted by molar-refractivity contribution is 5.94. The zero-order valence-corrected chi connectivity index (χ0v) is 13.8. The van der Waals surface area contributed by atoms with Crippen LogP contribution in [0, 0.1) is 5.82 Å². The maximum atomic E-state index is 13.1. The van der Waals surface area contributed by atoms with Gasteiger partial charge in [0, 0.05) is 25.6 Å². The first-order chi connectivity index (χ1) is 11.5. The van der Waals surface area contributed by atoms with Crippen molar-refractivity contribution in [3.63, 3.8) is 0 Å². The second-order valence-corrected chi connectivity index (χ2v) is 5.57. The summed E-state index contributed by atoms with van der Waals surface area (Å²) < 4.78 is 13.1. The Hall–Kier alpha value is -2.69. The van der Waals surface area contributed by atoms with Crippen LogP contribution in [-0.2, 0) is 4.79 Å². The van der Waals surface area contributed by atoms with Crippen molar-refractivity contribution in [3.05, 3.63) is 71.5 Å². The van der Waals surface area contributed by atoms with Gasteiger partial charge in [0.15, 0.2) is 0 Å². The minimum atomic E-state index is -0.453. The second kappa shape index (κ2) is 8.24. The third-order valence-corrected chi connectivity index (χ3v) is 3.88. The zero-order chi connectivity index (χ0) is 17.5. The molecule has 0 heterocycles. The summed E-state index contributed by atoms with van der Waals surface area (Å²) in [5.41, 5.74) is 1.30. The monoisotopic (exact) mass is 328 g/mol. The molecule has 0 spiro atoms. The largest absolute Gasteiger partial charge is 0.350 e. The van der Waals surface area contributed by atoms with Crippen molar-refractivity contribution in [1.82, 2.24) is 10.2 Å². The number of rotatable bonds is 6. The summed E-state index contributed by atoms with van der Waals surface area (Å²) in [4.78, 5) is 25.6. The molecule has 0 fully saturated rings. The van der Waals surface area contributed by atoms with E-state index < -0.39 is 5.82 Å². The molecule has 0 aliphatic rings. The summed E-state index contributed by atoms with van der Waals surface area (Å²) in [6.07, 6.45) is 0. The number of carbonyl (C=O) groups is 2. The lowest BCUT2D eigenvalue weighted by Crippen LogP contribution is -2.39. The molecule has 0 aromatic heterocycles. The van der Waals surface area contributed by atoms with Crippen LogP contribution in [0.5, 0.6) is 0 Å². The molecule has 0 bridgehead atoms. The summed E-state index contributed by atoms with van der Waals surface area (Å²) in [5.74, 6) is -0.873. The molecule has 0 aliphatic heterocycles. The summed E-state index contributed by atoms with van der Waals surface area (Å²) in [6.45, 7) is 4.14. The highest BCUT2D eigenvalue weighted by atomic mass is 19.1. The van der Waals surface area contributed by atoms with Crippen LogP contribution < -0.4 is 5.32 Å². The van der Waals surface area contributed by atoms with E-state index in [1.807, 2.05) is 37.3 Å². The first kappa shape index (κ1) is 17.7. The van der Waals surface area contributed by atoms with Gasteiger partial charge in [0.2, 0.25) is 5.91 Å².